The summed E-state index contributed by atoms with van der Waals surface area (Å²) in [5.41, 5.74) is 0.142. The highest BCUT2D eigenvalue weighted by Gasteiger charge is 2.20. The minimum absolute atomic E-state index is 0.110. The standard InChI is InChI=1S/C18H18N4O5S/c23-22(24)17-7-3-1-5-15(17)13-28(25,26)20-16-6-2-4-8-18(16)27-12-11-21-10-9-19-14-21/h1-10,14,20H,11-13H2. The number of hydrogen-bond donors (Lipinski definition) is 1. The Balaban J connectivity index is 1.71. The van der Waals surface area contributed by atoms with Crippen molar-refractivity contribution < 1.29 is 18.1 Å². The number of nitrogens with one attached hydrogen (secondary N) is 1. The van der Waals surface area contributed by atoms with E-state index in [1.165, 1.54) is 18.2 Å². The van der Waals surface area contributed by atoms with Crippen LogP contribution in [0.1, 0.15) is 5.56 Å². The number of anilines is 1. The molecule has 2 aromatic carbocycles. The van der Waals surface area contributed by atoms with E-state index in [0.29, 0.717) is 18.9 Å². The molecule has 0 unspecified atom stereocenters. The summed E-state index contributed by atoms with van der Waals surface area (Å²) < 4.78 is 35.1. The van der Waals surface area contributed by atoms with Crippen molar-refractivity contribution in [1.29, 1.82) is 0 Å². The maximum Gasteiger partial charge on any atom is 0.273 e. The molecule has 0 saturated heterocycles. The lowest BCUT2D eigenvalue weighted by molar-refractivity contribution is -0.385. The molecule has 9 nitrogen and oxygen atoms in total. The lowest BCUT2D eigenvalue weighted by Crippen LogP contribution is -2.17. The van der Waals surface area contributed by atoms with Gasteiger partial charge in [-0.05, 0) is 12.1 Å². The number of ether oxygens (including phenoxy) is 1. The highest BCUT2D eigenvalue weighted by molar-refractivity contribution is 7.91. The summed E-state index contributed by atoms with van der Waals surface area (Å²) in [6, 6.07) is 12.4. The van der Waals surface area contributed by atoms with Crippen LogP contribution in [0.2, 0.25) is 0 Å². The van der Waals surface area contributed by atoms with E-state index >= 15 is 0 Å². The maximum atomic E-state index is 12.6. The van der Waals surface area contributed by atoms with Gasteiger partial charge in [0.1, 0.15) is 18.1 Å². The maximum absolute atomic E-state index is 12.6. The Bertz CT molecular complexity index is 1050. The van der Waals surface area contributed by atoms with Gasteiger partial charge in [0.25, 0.3) is 5.69 Å². The van der Waals surface area contributed by atoms with Crippen molar-refractivity contribution in [1.82, 2.24) is 9.55 Å². The molecule has 0 atom stereocenters. The zero-order valence-electron chi connectivity index (χ0n) is 14.8. The molecule has 1 N–H and O–H groups in total. The molecule has 0 bridgehead atoms. The van der Waals surface area contributed by atoms with Crippen LogP contribution in [0.5, 0.6) is 5.75 Å². The number of nitro groups is 1. The van der Waals surface area contributed by atoms with Crippen molar-refractivity contribution in [3.8, 4) is 5.75 Å². The SMILES string of the molecule is O=[N+]([O-])c1ccccc1CS(=O)(=O)Nc1ccccc1OCCn1ccnc1. The Kier molecular flexibility index (Phi) is 5.90. The van der Waals surface area contributed by atoms with Gasteiger partial charge in [0, 0.05) is 24.0 Å². The molecule has 0 aliphatic carbocycles. The van der Waals surface area contributed by atoms with Crippen molar-refractivity contribution in [3.05, 3.63) is 82.9 Å². The van der Waals surface area contributed by atoms with Gasteiger partial charge in [-0.1, -0.05) is 30.3 Å². The van der Waals surface area contributed by atoms with E-state index in [2.05, 4.69) is 9.71 Å². The van der Waals surface area contributed by atoms with Crippen LogP contribution in [0.3, 0.4) is 0 Å². The Labute approximate surface area is 161 Å². The van der Waals surface area contributed by atoms with Crippen LogP contribution in [0.15, 0.2) is 67.3 Å². The second kappa shape index (κ2) is 8.53. The molecule has 146 valence electrons. The molecule has 1 heterocycles. The Morgan fingerprint density at radius 1 is 1.14 bits per heavy atom. The van der Waals surface area contributed by atoms with Gasteiger partial charge in [-0.3, -0.25) is 14.8 Å². The number of nitro benzene ring substituents is 1. The molecule has 0 saturated carbocycles. The molecule has 3 rings (SSSR count). The van der Waals surface area contributed by atoms with Crippen LogP contribution in [-0.4, -0.2) is 29.5 Å². The van der Waals surface area contributed by atoms with Gasteiger partial charge in [-0.2, -0.15) is 0 Å². The monoisotopic (exact) mass is 402 g/mol. The number of aromatic nitrogens is 2. The van der Waals surface area contributed by atoms with Crippen molar-refractivity contribution in [2.75, 3.05) is 11.3 Å². The second-order valence-corrected chi connectivity index (χ2v) is 7.61. The van der Waals surface area contributed by atoms with Crippen LogP contribution in [-0.2, 0) is 22.3 Å². The Morgan fingerprint density at radius 2 is 1.89 bits per heavy atom. The summed E-state index contributed by atoms with van der Waals surface area (Å²) in [5.74, 6) is -0.151. The lowest BCUT2D eigenvalue weighted by Gasteiger charge is -2.14. The minimum atomic E-state index is -3.88. The van der Waals surface area contributed by atoms with Crippen LogP contribution < -0.4 is 9.46 Å². The van der Waals surface area contributed by atoms with Gasteiger partial charge >= 0.3 is 0 Å². The first kappa shape index (κ1) is 19.4. The van der Waals surface area contributed by atoms with Crippen molar-refractivity contribution in [3.63, 3.8) is 0 Å². The predicted octanol–water partition coefficient (Wildman–Crippen LogP) is 2.81. The van der Waals surface area contributed by atoms with Gasteiger partial charge in [-0.25, -0.2) is 13.4 Å². The molecule has 0 spiro atoms. The highest BCUT2D eigenvalue weighted by Crippen LogP contribution is 2.27. The third-order valence-corrected chi connectivity index (χ3v) is 5.07. The molecule has 1 aromatic heterocycles. The lowest BCUT2D eigenvalue weighted by atomic mass is 10.2. The van der Waals surface area contributed by atoms with Gasteiger partial charge in [0.15, 0.2) is 0 Å². The fourth-order valence-electron chi connectivity index (χ4n) is 2.58. The molecular weight excluding hydrogens is 384 g/mol. The van der Waals surface area contributed by atoms with E-state index in [1.807, 2.05) is 4.57 Å². The summed E-state index contributed by atoms with van der Waals surface area (Å²) in [6.07, 6.45) is 5.11. The number of sulfonamides is 1. The highest BCUT2D eigenvalue weighted by atomic mass is 32.2. The zero-order chi connectivity index (χ0) is 20.0. The number of rotatable bonds is 9. The summed E-state index contributed by atoms with van der Waals surface area (Å²) in [5, 5.41) is 11.1. The quantitative estimate of drug-likeness (QED) is 0.434. The van der Waals surface area contributed by atoms with Crippen molar-refractivity contribution in [2.24, 2.45) is 0 Å². The topological polar surface area (TPSA) is 116 Å². The molecule has 10 heteroatoms. The summed E-state index contributed by atoms with van der Waals surface area (Å²) in [6.45, 7) is 0.872. The first-order chi connectivity index (χ1) is 13.4. The summed E-state index contributed by atoms with van der Waals surface area (Å²) in [4.78, 5) is 14.4. The number of hydrogen-bond acceptors (Lipinski definition) is 6. The fraction of sp³-hybridized carbons (Fsp3) is 0.167. The van der Waals surface area contributed by atoms with Crippen LogP contribution in [0.4, 0.5) is 11.4 Å². The zero-order valence-corrected chi connectivity index (χ0v) is 15.6. The molecule has 0 fully saturated rings. The van der Waals surface area contributed by atoms with Crippen LogP contribution in [0.25, 0.3) is 0 Å². The normalized spacial score (nSPS) is 11.1. The van der Waals surface area contributed by atoms with Gasteiger partial charge in [0.05, 0.1) is 23.5 Å². The van der Waals surface area contributed by atoms with Gasteiger partial charge < -0.3 is 9.30 Å². The average Bonchev–Trinajstić information content (AvgIpc) is 3.16. The minimum Gasteiger partial charge on any atom is -0.490 e. The van der Waals surface area contributed by atoms with E-state index in [4.69, 9.17) is 4.74 Å². The molecule has 0 aliphatic rings. The third-order valence-electron chi connectivity index (χ3n) is 3.85. The van der Waals surface area contributed by atoms with E-state index in [9.17, 15) is 18.5 Å². The Morgan fingerprint density at radius 3 is 2.64 bits per heavy atom. The summed E-state index contributed by atoms with van der Waals surface area (Å²) in [7, 11) is -3.88. The fourth-order valence-corrected chi connectivity index (χ4v) is 3.81. The summed E-state index contributed by atoms with van der Waals surface area (Å²) >= 11 is 0. The van der Waals surface area contributed by atoms with E-state index in [0.717, 1.165) is 0 Å². The number of imidazole rings is 1. The van der Waals surface area contributed by atoms with E-state index < -0.39 is 20.7 Å². The number of benzene rings is 2. The smallest absolute Gasteiger partial charge is 0.273 e. The van der Waals surface area contributed by atoms with Crippen molar-refractivity contribution in [2.45, 2.75) is 12.3 Å². The molecular formula is C18H18N4O5S. The second-order valence-electron chi connectivity index (χ2n) is 5.89. The van der Waals surface area contributed by atoms with Crippen molar-refractivity contribution >= 4 is 21.4 Å². The van der Waals surface area contributed by atoms with E-state index in [1.54, 1.807) is 49.1 Å². The van der Waals surface area contributed by atoms with E-state index in [-0.39, 0.29) is 16.9 Å². The first-order valence-electron chi connectivity index (χ1n) is 8.35. The van der Waals surface area contributed by atoms with Crippen LogP contribution in [0, 0.1) is 10.1 Å². The first-order valence-corrected chi connectivity index (χ1v) is 10.0. The van der Waals surface area contributed by atoms with Gasteiger partial charge in [0.2, 0.25) is 10.0 Å². The molecule has 0 radical (unpaired) electrons. The third kappa shape index (κ3) is 5.07. The predicted molar refractivity (Wildman–Crippen MR) is 104 cm³/mol. The van der Waals surface area contributed by atoms with Crippen LogP contribution >= 0.6 is 0 Å². The molecule has 0 aliphatic heterocycles. The van der Waals surface area contributed by atoms with Gasteiger partial charge in [-0.15, -0.1) is 0 Å². The number of para-hydroxylation sites is 3. The number of nitrogens with zero attached hydrogens (tertiary/aromatic N) is 3. The molecule has 3 aromatic rings. The Hall–Kier alpha value is -3.40. The molecule has 0 amide bonds. The average molecular weight is 402 g/mol. The largest absolute Gasteiger partial charge is 0.490 e. The molecule has 28 heavy (non-hydrogen) atoms.